The predicted octanol–water partition coefficient (Wildman–Crippen LogP) is 4.71. The molecule has 0 unspecified atom stereocenters. The van der Waals surface area contributed by atoms with Gasteiger partial charge in [-0.15, -0.1) is 0 Å². The Labute approximate surface area is 143 Å². The Bertz CT molecular complexity index is 692. The van der Waals surface area contributed by atoms with Gasteiger partial charge in [-0.3, -0.25) is 15.1 Å². The van der Waals surface area contributed by atoms with Gasteiger partial charge >= 0.3 is 0 Å². The predicted molar refractivity (Wildman–Crippen MR) is 92.8 cm³/mol. The fourth-order valence-electron chi connectivity index (χ4n) is 2.11. The van der Waals surface area contributed by atoms with Gasteiger partial charge in [-0.25, -0.2) is 0 Å². The van der Waals surface area contributed by atoms with Gasteiger partial charge < -0.3 is 10.1 Å². The lowest BCUT2D eigenvalue weighted by Gasteiger charge is -2.19. The number of ether oxygens (including phenoxy) is 1. The smallest absolute Gasteiger partial charge is 0.297 e. The first kappa shape index (κ1) is 17.2. The highest BCUT2D eigenvalue weighted by Crippen LogP contribution is 2.40. The summed E-state index contributed by atoms with van der Waals surface area (Å²) in [6, 6.07) is 8.76. The summed E-state index contributed by atoms with van der Waals surface area (Å²) in [5.41, 5.74) is 1.10. The second-order valence-electron chi connectivity index (χ2n) is 5.37. The zero-order chi connectivity index (χ0) is 17.0. The first-order valence-electron chi connectivity index (χ1n) is 7.20. The average molecular weight is 380 g/mol. The number of halogens is 1. The van der Waals surface area contributed by atoms with Crippen molar-refractivity contribution in [2.75, 3.05) is 5.32 Å². The summed E-state index contributed by atoms with van der Waals surface area (Å²) >= 11 is 3.30. The first-order valence-corrected chi connectivity index (χ1v) is 8.00. The third-order valence-electron chi connectivity index (χ3n) is 3.08. The fourth-order valence-corrected chi connectivity index (χ4v) is 2.53. The van der Waals surface area contributed by atoms with Gasteiger partial charge in [0.2, 0.25) is 0 Å². The standard InChI is InChI=1S/C16H18BrN3O3/c1-10(2)19-16-14(20(21)22)8-12(17)9-15(16)23-11(3)13-6-4-5-7-18-13/h4-11,19H,1-3H3/t11-/m1/s1. The SMILES string of the molecule is CC(C)Nc1c(O[C@H](C)c2ccccn2)cc(Br)cc1[N+](=O)[O-]. The Morgan fingerprint density at radius 1 is 1.30 bits per heavy atom. The normalized spacial score (nSPS) is 12.0. The van der Waals surface area contributed by atoms with Crippen molar-refractivity contribution in [3.8, 4) is 5.75 Å². The number of aromatic nitrogens is 1. The number of hydrogen-bond donors (Lipinski definition) is 1. The molecule has 0 spiro atoms. The minimum atomic E-state index is -0.423. The van der Waals surface area contributed by atoms with Gasteiger partial charge in [-0.1, -0.05) is 22.0 Å². The zero-order valence-electron chi connectivity index (χ0n) is 13.1. The van der Waals surface area contributed by atoms with Crippen LogP contribution in [0.1, 0.15) is 32.6 Å². The minimum absolute atomic E-state index is 0.0300. The van der Waals surface area contributed by atoms with Crippen molar-refractivity contribution in [1.82, 2.24) is 4.98 Å². The third-order valence-corrected chi connectivity index (χ3v) is 3.54. The summed E-state index contributed by atoms with van der Waals surface area (Å²) < 4.78 is 6.53. The van der Waals surface area contributed by atoms with E-state index in [0.717, 1.165) is 5.69 Å². The molecule has 0 bridgehead atoms. The van der Waals surface area contributed by atoms with E-state index < -0.39 is 4.92 Å². The number of nitro benzene ring substituents is 1. The number of anilines is 1. The monoisotopic (exact) mass is 379 g/mol. The van der Waals surface area contributed by atoms with E-state index in [0.29, 0.717) is 15.9 Å². The van der Waals surface area contributed by atoms with Crippen LogP contribution in [0.5, 0.6) is 5.75 Å². The minimum Gasteiger partial charge on any atom is -0.482 e. The van der Waals surface area contributed by atoms with E-state index in [1.54, 1.807) is 12.3 Å². The van der Waals surface area contributed by atoms with Gasteiger partial charge in [0.1, 0.15) is 6.10 Å². The number of rotatable bonds is 6. The van der Waals surface area contributed by atoms with Crippen LogP contribution in [0.2, 0.25) is 0 Å². The van der Waals surface area contributed by atoms with Crippen molar-refractivity contribution in [2.24, 2.45) is 0 Å². The van der Waals surface area contributed by atoms with Crippen LogP contribution < -0.4 is 10.1 Å². The molecule has 122 valence electrons. The van der Waals surface area contributed by atoms with Gasteiger partial charge in [0.15, 0.2) is 11.4 Å². The molecule has 1 aromatic heterocycles. The molecule has 1 N–H and O–H groups in total. The molecule has 0 aliphatic heterocycles. The van der Waals surface area contributed by atoms with E-state index in [4.69, 9.17) is 4.74 Å². The lowest BCUT2D eigenvalue weighted by Crippen LogP contribution is -2.14. The Balaban J connectivity index is 2.41. The van der Waals surface area contributed by atoms with Crippen LogP contribution >= 0.6 is 15.9 Å². The fraction of sp³-hybridized carbons (Fsp3) is 0.312. The maximum Gasteiger partial charge on any atom is 0.297 e. The van der Waals surface area contributed by atoms with Crippen LogP contribution in [0.3, 0.4) is 0 Å². The molecular weight excluding hydrogens is 362 g/mol. The van der Waals surface area contributed by atoms with E-state index in [9.17, 15) is 10.1 Å². The van der Waals surface area contributed by atoms with Gasteiger partial charge in [0.25, 0.3) is 5.69 Å². The van der Waals surface area contributed by atoms with Crippen LogP contribution in [0.4, 0.5) is 11.4 Å². The number of benzene rings is 1. The van der Waals surface area contributed by atoms with Crippen molar-refractivity contribution < 1.29 is 9.66 Å². The van der Waals surface area contributed by atoms with Crippen molar-refractivity contribution in [2.45, 2.75) is 32.9 Å². The summed E-state index contributed by atoms with van der Waals surface area (Å²) in [5, 5.41) is 14.4. The number of nitro groups is 1. The highest BCUT2D eigenvalue weighted by molar-refractivity contribution is 9.10. The Hall–Kier alpha value is -2.15. The third kappa shape index (κ3) is 4.41. The largest absolute Gasteiger partial charge is 0.482 e. The molecule has 1 atom stereocenters. The lowest BCUT2D eigenvalue weighted by atomic mass is 10.2. The maximum atomic E-state index is 11.3. The molecule has 0 saturated heterocycles. The zero-order valence-corrected chi connectivity index (χ0v) is 14.7. The van der Waals surface area contributed by atoms with E-state index >= 15 is 0 Å². The lowest BCUT2D eigenvalue weighted by molar-refractivity contribution is -0.384. The topological polar surface area (TPSA) is 77.3 Å². The average Bonchev–Trinajstić information content (AvgIpc) is 2.49. The molecule has 0 amide bonds. The molecule has 1 heterocycles. The molecule has 1 aromatic carbocycles. The highest BCUT2D eigenvalue weighted by Gasteiger charge is 2.23. The van der Waals surface area contributed by atoms with Gasteiger partial charge in [-0.05, 0) is 39.0 Å². The number of hydrogen-bond acceptors (Lipinski definition) is 5. The van der Waals surface area contributed by atoms with Crippen LogP contribution in [0.15, 0.2) is 41.0 Å². The van der Waals surface area contributed by atoms with Crippen LogP contribution in [-0.2, 0) is 0 Å². The molecule has 6 nitrogen and oxygen atoms in total. The van der Waals surface area contributed by atoms with Crippen LogP contribution in [-0.4, -0.2) is 15.9 Å². The molecule has 0 saturated carbocycles. The summed E-state index contributed by atoms with van der Waals surface area (Å²) in [4.78, 5) is 15.2. The molecule has 2 aromatic rings. The molecule has 0 aliphatic rings. The van der Waals surface area contributed by atoms with E-state index in [2.05, 4.69) is 26.2 Å². The van der Waals surface area contributed by atoms with Crippen molar-refractivity contribution in [1.29, 1.82) is 0 Å². The molecule has 0 aliphatic carbocycles. The number of nitrogens with one attached hydrogen (secondary N) is 1. The summed E-state index contributed by atoms with van der Waals surface area (Å²) in [6.07, 6.45) is 1.35. The molecule has 23 heavy (non-hydrogen) atoms. The highest BCUT2D eigenvalue weighted by atomic mass is 79.9. The van der Waals surface area contributed by atoms with Crippen molar-refractivity contribution in [3.63, 3.8) is 0 Å². The molecule has 0 radical (unpaired) electrons. The maximum absolute atomic E-state index is 11.3. The summed E-state index contributed by atoms with van der Waals surface area (Å²) in [6.45, 7) is 5.68. The van der Waals surface area contributed by atoms with Gasteiger partial charge in [0.05, 0.1) is 10.6 Å². The van der Waals surface area contributed by atoms with E-state index in [1.165, 1.54) is 6.07 Å². The Morgan fingerprint density at radius 3 is 2.61 bits per heavy atom. The van der Waals surface area contributed by atoms with Gasteiger partial charge in [-0.2, -0.15) is 0 Å². The van der Waals surface area contributed by atoms with Crippen molar-refractivity contribution >= 4 is 27.3 Å². The molecular formula is C16H18BrN3O3. The number of nitrogens with zero attached hydrogens (tertiary/aromatic N) is 2. The second-order valence-corrected chi connectivity index (χ2v) is 6.28. The van der Waals surface area contributed by atoms with E-state index in [1.807, 2.05) is 39.0 Å². The van der Waals surface area contributed by atoms with Crippen LogP contribution in [0, 0.1) is 10.1 Å². The molecule has 0 fully saturated rings. The second kappa shape index (κ2) is 7.41. The first-order chi connectivity index (χ1) is 10.9. The summed E-state index contributed by atoms with van der Waals surface area (Å²) in [7, 11) is 0. The Kier molecular flexibility index (Phi) is 5.54. The quantitative estimate of drug-likeness (QED) is 0.580. The van der Waals surface area contributed by atoms with E-state index in [-0.39, 0.29) is 17.8 Å². The Morgan fingerprint density at radius 2 is 2.04 bits per heavy atom. The van der Waals surface area contributed by atoms with Crippen molar-refractivity contribution in [3.05, 3.63) is 56.8 Å². The number of pyridine rings is 1. The summed E-state index contributed by atoms with van der Waals surface area (Å²) in [5.74, 6) is 0.415. The molecule has 2 rings (SSSR count). The molecule has 7 heteroatoms. The van der Waals surface area contributed by atoms with Crippen LogP contribution in [0.25, 0.3) is 0 Å². The van der Waals surface area contributed by atoms with Gasteiger partial charge in [0, 0.05) is 22.8 Å².